The van der Waals surface area contributed by atoms with E-state index in [-0.39, 0.29) is 4.32 Å². The van der Waals surface area contributed by atoms with E-state index >= 15 is 0 Å². The number of benzene rings is 1. The summed E-state index contributed by atoms with van der Waals surface area (Å²) in [6, 6.07) is 8.14. The molecule has 2 atom stereocenters. The summed E-state index contributed by atoms with van der Waals surface area (Å²) in [5, 5.41) is 0. The summed E-state index contributed by atoms with van der Waals surface area (Å²) in [5.74, 6) is 0.865. The predicted octanol–water partition coefficient (Wildman–Crippen LogP) is 4.31. The molecule has 0 saturated heterocycles. The molecule has 2 unspecified atom stereocenters. The molecule has 1 saturated carbocycles. The molecule has 0 radical (unpaired) electrons. The lowest BCUT2D eigenvalue weighted by atomic mass is 9.89. The molecule has 4 rings (SSSR count). The summed E-state index contributed by atoms with van der Waals surface area (Å²) < 4.78 is -0.0211. The van der Waals surface area contributed by atoms with Crippen LogP contribution < -0.4 is 0 Å². The van der Waals surface area contributed by atoms with Gasteiger partial charge in [-0.15, -0.1) is 0 Å². The van der Waals surface area contributed by atoms with Gasteiger partial charge in [-0.25, -0.2) is 9.97 Å². The molecule has 19 heavy (non-hydrogen) atoms. The summed E-state index contributed by atoms with van der Waals surface area (Å²) in [6.07, 6.45) is 2.37. The molecule has 2 aliphatic carbocycles. The monoisotopic (exact) mass is 314 g/mol. The van der Waals surface area contributed by atoms with Crippen LogP contribution in [0.2, 0.25) is 0 Å². The van der Waals surface area contributed by atoms with Crippen molar-refractivity contribution in [3.63, 3.8) is 0 Å². The van der Waals surface area contributed by atoms with Crippen LogP contribution in [-0.2, 0) is 0 Å². The molecule has 1 heterocycles. The zero-order valence-electron chi connectivity index (χ0n) is 10.9. The van der Waals surface area contributed by atoms with Crippen LogP contribution in [0.5, 0.6) is 0 Å². The Hall–Kier alpha value is -1.22. The Morgan fingerprint density at radius 2 is 1.63 bits per heavy atom. The van der Waals surface area contributed by atoms with E-state index in [1.807, 2.05) is 24.3 Å². The van der Waals surface area contributed by atoms with Gasteiger partial charge in [0.25, 0.3) is 0 Å². The lowest BCUT2D eigenvalue weighted by Gasteiger charge is -2.27. The van der Waals surface area contributed by atoms with Crippen molar-refractivity contribution in [2.24, 2.45) is 0 Å². The van der Waals surface area contributed by atoms with Gasteiger partial charge in [0.2, 0.25) is 0 Å². The predicted molar refractivity (Wildman–Crippen MR) is 80.7 cm³/mol. The molecule has 2 nitrogen and oxygen atoms in total. The third kappa shape index (κ3) is 1.32. The van der Waals surface area contributed by atoms with E-state index in [1.165, 1.54) is 29.8 Å². The fraction of sp³-hybridized carbons (Fsp3) is 0.375. The highest BCUT2D eigenvalue weighted by atomic mass is 79.9. The van der Waals surface area contributed by atoms with Crippen LogP contribution in [0.25, 0.3) is 11.0 Å². The third-order valence-corrected chi connectivity index (χ3v) is 6.48. The molecule has 3 heteroatoms. The lowest BCUT2D eigenvalue weighted by Crippen LogP contribution is -2.25. The van der Waals surface area contributed by atoms with E-state index < -0.39 is 0 Å². The van der Waals surface area contributed by atoms with Gasteiger partial charge < -0.3 is 0 Å². The van der Waals surface area contributed by atoms with Gasteiger partial charge >= 0.3 is 0 Å². The first-order valence-corrected chi connectivity index (χ1v) is 7.53. The number of halogens is 1. The van der Waals surface area contributed by atoms with Gasteiger partial charge in [-0.2, -0.15) is 0 Å². The molecule has 0 N–H and O–H groups in total. The van der Waals surface area contributed by atoms with Crippen molar-refractivity contribution in [3.8, 4) is 0 Å². The van der Waals surface area contributed by atoms with Crippen molar-refractivity contribution in [3.05, 3.63) is 47.8 Å². The molecule has 0 aliphatic heterocycles. The number of aromatic nitrogens is 2. The van der Waals surface area contributed by atoms with Crippen LogP contribution in [0, 0.1) is 0 Å². The van der Waals surface area contributed by atoms with Gasteiger partial charge in [-0.1, -0.05) is 40.2 Å². The number of hydrogen-bond donors (Lipinski definition) is 0. The Balaban J connectivity index is 2.00. The Morgan fingerprint density at radius 1 is 1.16 bits per heavy atom. The highest BCUT2D eigenvalue weighted by molar-refractivity contribution is 9.10. The number of hydrogen-bond acceptors (Lipinski definition) is 2. The largest absolute Gasteiger partial charge is 0.249 e. The summed E-state index contributed by atoms with van der Waals surface area (Å²) in [4.78, 5) is 9.77. The molecule has 1 aromatic carbocycles. The number of fused-ring (bicyclic) bond motifs is 6. The average Bonchev–Trinajstić information content (AvgIpc) is 2.87. The van der Waals surface area contributed by atoms with Crippen molar-refractivity contribution in [1.82, 2.24) is 9.97 Å². The van der Waals surface area contributed by atoms with Crippen molar-refractivity contribution < 1.29 is 0 Å². The zero-order chi connectivity index (χ0) is 13.2. The minimum absolute atomic E-state index is 0.0211. The number of allylic oxidation sites excluding steroid dienone is 1. The minimum atomic E-state index is -0.0211. The first kappa shape index (κ1) is 11.6. The second-order valence-electron chi connectivity index (χ2n) is 5.71. The van der Waals surface area contributed by atoms with Gasteiger partial charge in [0.05, 0.1) is 26.7 Å². The molecule has 2 bridgehead atoms. The lowest BCUT2D eigenvalue weighted by molar-refractivity contribution is 0.622. The van der Waals surface area contributed by atoms with Gasteiger partial charge in [0.1, 0.15) is 0 Å². The first-order chi connectivity index (χ1) is 9.12. The van der Waals surface area contributed by atoms with Gasteiger partial charge in [0, 0.05) is 11.8 Å². The third-order valence-electron chi connectivity index (χ3n) is 4.70. The topological polar surface area (TPSA) is 25.8 Å². The SMILES string of the molecule is C=C(C)C1(Br)C2CCC1c1nc3ccccc3nc12. The average molecular weight is 315 g/mol. The van der Waals surface area contributed by atoms with E-state index in [1.54, 1.807) is 0 Å². The molecule has 0 spiro atoms. The summed E-state index contributed by atoms with van der Waals surface area (Å²) >= 11 is 3.98. The summed E-state index contributed by atoms with van der Waals surface area (Å²) in [6.45, 7) is 6.32. The van der Waals surface area contributed by atoms with Crippen LogP contribution in [0.4, 0.5) is 0 Å². The van der Waals surface area contributed by atoms with Crippen molar-refractivity contribution in [2.45, 2.75) is 35.9 Å². The molecule has 1 aromatic heterocycles. The van der Waals surface area contributed by atoms with E-state index in [0.717, 1.165) is 11.0 Å². The highest BCUT2D eigenvalue weighted by Gasteiger charge is 2.58. The summed E-state index contributed by atoms with van der Waals surface area (Å²) in [7, 11) is 0. The summed E-state index contributed by atoms with van der Waals surface area (Å²) in [5.41, 5.74) is 5.59. The van der Waals surface area contributed by atoms with Crippen molar-refractivity contribution in [1.29, 1.82) is 0 Å². The number of para-hydroxylation sites is 2. The molecular formula is C16H15BrN2. The van der Waals surface area contributed by atoms with Crippen molar-refractivity contribution >= 4 is 27.0 Å². The molecule has 2 aromatic rings. The van der Waals surface area contributed by atoms with Crippen LogP contribution in [0.1, 0.15) is 43.0 Å². The Morgan fingerprint density at radius 3 is 2.05 bits per heavy atom. The normalized spacial score (nSPS) is 31.7. The molecule has 96 valence electrons. The number of rotatable bonds is 1. The van der Waals surface area contributed by atoms with E-state index in [2.05, 4.69) is 29.4 Å². The van der Waals surface area contributed by atoms with Crippen LogP contribution >= 0.6 is 15.9 Å². The maximum Gasteiger partial charge on any atom is 0.0890 e. The van der Waals surface area contributed by atoms with E-state index in [4.69, 9.17) is 9.97 Å². The smallest absolute Gasteiger partial charge is 0.0890 e. The first-order valence-electron chi connectivity index (χ1n) is 6.74. The molecule has 0 amide bonds. The van der Waals surface area contributed by atoms with Gasteiger partial charge in [-0.05, 0) is 31.9 Å². The van der Waals surface area contributed by atoms with E-state index in [9.17, 15) is 0 Å². The number of nitrogens with zero attached hydrogens (tertiary/aromatic N) is 2. The molecule has 2 aliphatic rings. The maximum atomic E-state index is 4.88. The fourth-order valence-electron chi connectivity index (χ4n) is 3.80. The maximum absolute atomic E-state index is 4.88. The van der Waals surface area contributed by atoms with Gasteiger partial charge in [-0.3, -0.25) is 0 Å². The Labute approximate surface area is 121 Å². The van der Waals surface area contributed by atoms with Crippen LogP contribution in [-0.4, -0.2) is 14.3 Å². The van der Waals surface area contributed by atoms with E-state index in [0.29, 0.717) is 11.8 Å². The minimum Gasteiger partial charge on any atom is -0.249 e. The van der Waals surface area contributed by atoms with Crippen LogP contribution in [0.3, 0.4) is 0 Å². The standard InChI is InChI=1S/C16H15BrN2/c1-9(2)16(17)10-7-8-11(16)15-14(10)18-12-5-3-4-6-13(12)19-15/h3-6,10-11H,1,7-8H2,2H3. The van der Waals surface area contributed by atoms with Crippen LogP contribution in [0.15, 0.2) is 36.4 Å². The Kier molecular flexibility index (Phi) is 2.23. The van der Waals surface area contributed by atoms with Crippen molar-refractivity contribution in [2.75, 3.05) is 0 Å². The second kappa shape index (κ2) is 3.66. The van der Waals surface area contributed by atoms with Gasteiger partial charge in [0.15, 0.2) is 0 Å². The fourth-order valence-corrected chi connectivity index (χ4v) is 4.69. The molecular weight excluding hydrogens is 300 g/mol. The Bertz CT molecular complexity index is 656. The zero-order valence-corrected chi connectivity index (χ0v) is 12.4. The number of alkyl halides is 1. The highest BCUT2D eigenvalue weighted by Crippen LogP contribution is 2.65. The quantitative estimate of drug-likeness (QED) is 0.579. The molecule has 1 fully saturated rings. The second-order valence-corrected chi connectivity index (χ2v) is 7.03.